The number of anilines is 1. The Morgan fingerprint density at radius 2 is 1.84 bits per heavy atom. The molecular formula is C14H25N5. The minimum absolute atomic E-state index is 0.464. The number of rotatable bonds is 5. The van der Waals surface area contributed by atoms with Gasteiger partial charge in [0.05, 0.1) is 0 Å². The molecule has 5 nitrogen and oxygen atoms in total. The van der Waals surface area contributed by atoms with Crippen LogP contribution < -0.4 is 15.8 Å². The lowest BCUT2D eigenvalue weighted by Crippen LogP contribution is -2.40. The van der Waals surface area contributed by atoms with Crippen LogP contribution in [0.4, 0.5) is 5.95 Å². The molecule has 2 heterocycles. The number of aryl methyl sites for hydroxylation is 2. The summed E-state index contributed by atoms with van der Waals surface area (Å²) >= 11 is 0. The molecule has 0 amide bonds. The lowest BCUT2D eigenvalue weighted by molar-refractivity contribution is 0.509. The predicted molar refractivity (Wildman–Crippen MR) is 78.1 cm³/mol. The van der Waals surface area contributed by atoms with Crippen molar-refractivity contribution in [1.29, 1.82) is 0 Å². The van der Waals surface area contributed by atoms with Crippen LogP contribution >= 0.6 is 0 Å². The molecule has 2 N–H and O–H groups in total. The molecule has 2 unspecified atom stereocenters. The molecule has 0 spiro atoms. The minimum atomic E-state index is 0.464. The van der Waals surface area contributed by atoms with Crippen LogP contribution in [-0.4, -0.2) is 35.6 Å². The Hall–Kier alpha value is -1.20. The molecule has 0 saturated carbocycles. The number of hydrogen-bond acceptors (Lipinski definition) is 5. The van der Waals surface area contributed by atoms with E-state index in [0.29, 0.717) is 12.1 Å². The first-order chi connectivity index (χ1) is 9.08. The standard InChI is InChI=1S/C14H25N5/c1-5-6-12-8-13(18-17-12)9-19(4)14-15-10(2)7-11(3)16-14/h7,12-13,17-18H,5-6,8-9H2,1-4H3. The van der Waals surface area contributed by atoms with Crippen LogP contribution in [0.15, 0.2) is 6.07 Å². The number of aromatic nitrogens is 2. The molecule has 2 atom stereocenters. The predicted octanol–water partition coefficient (Wildman–Crippen LogP) is 1.56. The molecule has 5 heteroatoms. The average molecular weight is 263 g/mol. The van der Waals surface area contributed by atoms with Gasteiger partial charge in [0, 0.05) is 37.1 Å². The third-order valence-corrected chi connectivity index (χ3v) is 3.50. The normalized spacial score (nSPS) is 22.7. The maximum absolute atomic E-state index is 4.50. The smallest absolute Gasteiger partial charge is 0.225 e. The Labute approximate surface area is 115 Å². The summed E-state index contributed by atoms with van der Waals surface area (Å²) in [5.74, 6) is 0.818. The zero-order valence-electron chi connectivity index (χ0n) is 12.4. The second kappa shape index (κ2) is 6.30. The van der Waals surface area contributed by atoms with E-state index in [-0.39, 0.29) is 0 Å². The zero-order valence-corrected chi connectivity index (χ0v) is 12.4. The van der Waals surface area contributed by atoms with Gasteiger partial charge in [-0.15, -0.1) is 0 Å². The highest BCUT2D eigenvalue weighted by Crippen LogP contribution is 2.14. The van der Waals surface area contributed by atoms with Gasteiger partial charge in [-0.25, -0.2) is 9.97 Å². The second-order valence-electron chi connectivity index (χ2n) is 5.54. The van der Waals surface area contributed by atoms with Gasteiger partial charge in [0.1, 0.15) is 0 Å². The van der Waals surface area contributed by atoms with Gasteiger partial charge in [-0.1, -0.05) is 13.3 Å². The molecule has 1 aliphatic rings. The molecule has 1 fully saturated rings. The number of nitrogens with one attached hydrogen (secondary N) is 2. The van der Waals surface area contributed by atoms with E-state index in [2.05, 4.69) is 39.7 Å². The van der Waals surface area contributed by atoms with Gasteiger partial charge in [-0.2, -0.15) is 0 Å². The van der Waals surface area contributed by atoms with Gasteiger partial charge in [0.2, 0.25) is 5.95 Å². The number of hydrazine groups is 1. The van der Waals surface area contributed by atoms with Crippen LogP contribution in [0.3, 0.4) is 0 Å². The fourth-order valence-electron chi connectivity index (χ4n) is 2.65. The maximum Gasteiger partial charge on any atom is 0.225 e. The van der Waals surface area contributed by atoms with Gasteiger partial charge in [-0.3, -0.25) is 10.9 Å². The molecule has 19 heavy (non-hydrogen) atoms. The van der Waals surface area contributed by atoms with Gasteiger partial charge in [0.15, 0.2) is 0 Å². The minimum Gasteiger partial charge on any atom is -0.342 e. The van der Waals surface area contributed by atoms with E-state index in [1.165, 1.54) is 19.3 Å². The van der Waals surface area contributed by atoms with Crippen molar-refractivity contribution in [2.24, 2.45) is 0 Å². The molecular weight excluding hydrogens is 238 g/mol. The Bertz CT molecular complexity index is 400. The summed E-state index contributed by atoms with van der Waals surface area (Å²) in [4.78, 5) is 11.1. The Balaban J connectivity index is 1.92. The van der Waals surface area contributed by atoms with Gasteiger partial charge >= 0.3 is 0 Å². The molecule has 1 aromatic rings. The first-order valence-corrected chi connectivity index (χ1v) is 7.13. The van der Waals surface area contributed by atoms with E-state index >= 15 is 0 Å². The Morgan fingerprint density at radius 1 is 1.21 bits per heavy atom. The van der Waals surface area contributed by atoms with Crippen LogP contribution in [0.5, 0.6) is 0 Å². The van der Waals surface area contributed by atoms with E-state index in [0.717, 1.165) is 23.9 Å². The van der Waals surface area contributed by atoms with Crippen molar-refractivity contribution < 1.29 is 0 Å². The van der Waals surface area contributed by atoms with E-state index in [1.807, 2.05) is 19.9 Å². The zero-order chi connectivity index (χ0) is 13.8. The van der Waals surface area contributed by atoms with Crippen LogP contribution in [0, 0.1) is 13.8 Å². The van der Waals surface area contributed by atoms with E-state index in [1.54, 1.807) is 0 Å². The van der Waals surface area contributed by atoms with Crippen LogP contribution in [0.1, 0.15) is 37.6 Å². The number of hydrogen-bond donors (Lipinski definition) is 2. The topological polar surface area (TPSA) is 53.1 Å². The summed E-state index contributed by atoms with van der Waals surface area (Å²) in [5.41, 5.74) is 8.79. The molecule has 0 aliphatic carbocycles. The van der Waals surface area contributed by atoms with E-state index < -0.39 is 0 Å². The van der Waals surface area contributed by atoms with Gasteiger partial charge in [-0.05, 0) is 32.8 Å². The van der Waals surface area contributed by atoms with Crippen molar-refractivity contribution in [2.75, 3.05) is 18.5 Å². The fraction of sp³-hybridized carbons (Fsp3) is 0.714. The van der Waals surface area contributed by atoms with Crippen LogP contribution in [0.25, 0.3) is 0 Å². The largest absolute Gasteiger partial charge is 0.342 e. The van der Waals surface area contributed by atoms with Crippen molar-refractivity contribution in [2.45, 2.75) is 52.1 Å². The maximum atomic E-state index is 4.50. The molecule has 2 rings (SSSR count). The first-order valence-electron chi connectivity index (χ1n) is 7.13. The third kappa shape index (κ3) is 3.88. The summed E-state index contributed by atoms with van der Waals surface area (Å²) < 4.78 is 0. The summed E-state index contributed by atoms with van der Waals surface area (Å²) in [6.45, 7) is 7.18. The lowest BCUT2D eigenvalue weighted by Gasteiger charge is -2.21. The van der Waals surface area contributed by atoms with Gasteiger partial charge in [0.25, 0.3) is 0 Å². The lowest BCUT2D eigenvalue weighted by atomic mass is 10.1. The molecule has 1 saturated heterocycles. The number of likely N-dealkylation sites (N-methyl/N-ethyl adjacent to an activating group) is 1. The van der Waals surface area contributed by atoms with E-state index in [9.17, 15) is 0 Å². The average Bonchev–Trinajstić information content (AvgIpc) is 2.76. The fourth-order valence-corrected chi connectivity index (χ4v) is 2.65. The van der Waals surface area contributed by atoms with Crippen LogP contribution in [0.2, 0.25) is 0 Å². The summed E-state index contributed by atoms with van der Waals surface area (Å²) in [6.07, 6.45) is 3.62. The molecule has 0 radical (unpaired) electrons. The molecule has 1 aromatic heterocycles. The monoisotopic (exact) mass is 263 g/mol. The third-order valence-electron chi connectivity index (χ3n) is 3.50. The van der Waals surface area contributed by atoms with E-state index in [4.69, 9.17) is 0 Å². The molecule has 1 aliphatic heterocycles. The molecule has 0 bridgehead atoms. The summed E-state index contributed by atoms with van der Waals surface area (Å²) in [5, 5.41) is 0. The second-order valence-corrected chi connectivity index (χ2v) is 5.54. The Morgan fingerprint density at radius 3 is 2.47 bits per heavy atom. The quantitative estimate of drug-likeness (QED) is 0.844. The van der Waals surface area contributed by atoms with Crippen LogP contribution in [-0.2, 0) is 0 Å². The van der Waals surface area contributed by atoms with Crippen molar-refractivity contribution in [1.82, 2.24) is 20.8 Å². The van der Waals surface area contributed by atoms with Crippen molar-refractivity contribution in [3.05, 3.63) is 17.5 Å². The summed E-state index contributed by atoms with van der Waals surface area (Å²) in [7, 11) is 2.06. The molecule has 0 aromatic carbocycles. The first kappa shape index (κ1) is 14.2. The highest BCUT2D eigenvalue weighted by atomic mass is 15.4. The van der Waals surface area contributed by atoms with Crippen molar-refractivity contribution in [3.8, 4) is 0 Å². The van der Waals surface area contributed by atoms with Gasteiger partial charge < -0.3 is 4.90 Å². The van der Waals surface area contributed by atoms with Crippen molar-refractivity contribution >= 4 is 5.95 Å². The SMILES string of the molecule is CCCC1CC(CN(C)c2nc(C)cc(C)n2)NN1. The highest BCUT2D eigenvalue weighted by molar-refractivity contribution is 5.31. The summed E-state index contributed by atoms with van der Waals surface area (Å²) in [6, 6.07) is 3.07. The molecule has 106 valence electrons. The number of nitrogens with zero attached hydrogens (tertiary/aromatic N) is 3. The highest BCUT2D eigenvalue weighted by Gasteiger charge is 2.24. The van der Waals surface area contributed by atoms with Crippen molar-refractivity contribution in [3.63, 3.8) is 0 Å². The Kier molecular flexibility index (Phi) is 4.71.